The van der Waals surface area contributed by atoms with Crippen LogP contribution in [0.2, 0.25) is 0 Å². The Morgan fingerprint density at radius 2 is 1.93 bits per heavy atom. The molecule has 1 amide bonds. The molecule has 28 heavy (non-hydrogen) atoms. The van der Waals surface area contributed by atoms with Crippen LogP contribution in [0.4, 0.5) is 4.39 Å². The highest BCUT2D eigenvalue weighted by molar-refractivity contribution is 5.79. The van der Waals surface area contributed by atoms with Gasteiger partial charge in [-0.15, -0.1) is 0 Å². The van der Waals surface area contributed by atoms with Crippen molar-refractivity contribution in [2.24, 2.45) is 5.92 Å². The Balaban J connectivity index is 1.64. The average Bonchev–Trinajstić information content (AvgIpc) is 2.67. The van der Waals surface area contributed by atoms with Crippen LogP contribution >= 0.6 is 0 Å². The van der Waals surface area contributed by atoms with E-state index in [1.54, 1.807) is 12.1 Å². The van der Waals surface area contributed by atoms with Gasteiger partial charge in [-0.3, -0.25) is 14.5 Å². The van der Waals surface area contributed by atoms with Crippen molar-refractivity contribution in [2.45, 2.75) is 31.7 Å². The summed E-state index contributed by atoms with van der Waals surface area (Å²) in [4.78, 5) is 30.5. The van der Waals surface area contributed by atoms with Crippen LogP contribution in [-0.4, -0.2) is 84.0 Å². The lowest BCUT2D eigenvalue weighted by molar-refractivity contribution is -0.137. The molecule has 0 spiro atoms. The lowest BCUT2D eigenvalue weighted by atomic mass is 9.86. The van der Waals surface area contributed by atoms with E-state index in [1.807, 2.05) is 4.90 Å². The number of carboxylic acid groups (broad SMARTS) is 1. The standard InChI is InChI=1S/C21H30FN3O3/c1-23-9-11-24(12-10-23)19-7-8-25(15-17(19)5-6-21(27)28)20(26)14-16-3-2-4-18(22)13-16/h2-4,13,17,19H,5-12,14-15H2,1H3,(H,27,28)/t17-,19+/m1/s1. The highest BCUT2D eigenvalue weighted by Crippen LogP contribution is 2.27. The summed E-state index contributed by atoms with van der Waals surface area (Å²) in [6.45, 7) is 5.27. The molecule has 2 aliphatic rings. The van der Waals surface area contributed by atoms with E-state index in [2.05, 4.69) is 16.8 Å². The van der Waals surface area contributed by atoms with Crippen molar-refractivity contribution in [3.05, 3.63) is 35.6 Å². The number of carbonyl (C=O) groups is 2. The Kier molecular flexibility index (Phi) is 7.02. The number of piperidine rings is 1. The minimum atomic E-state index is -0.791. The van der Waals surface area contributed by atoms with E-state index in [0.29, 0.717) is 31.1 Å². The number of carboxylic acids is 1. The summed E-state index contributed by atoms with van der Waals surface area (Å²) in [6.07, 6.45) is 1.75. The van der Waals surface area contributed by atoms with Gasteiger partial charge in [0.05, 0.1) is 6.42 Å². The molecule has 1 aromatic rings. The summed E-state index contributed by atoms with van der Waals surface area (Å²) in [5, 5.41) is 9.14. The van der Waals surface area contributed by atoms with Crippen molar-refractivity contribution in [3.8, 4) is 0 Å². The molecule has 2 fully saturated rings. The molecule has 0 bridgehead atoms. The van der Waals surface area contributed by atoms with E-state index in [-0.39, 0.29) is 30.5 Å². The second-order valence-electron chi connectivity index (χ2n) is 8.03. The first-order valence-electron chi connectivity index (χ1n) is 10.1. The number of carbonyl (C=O) groups excluding carboxylic acids is 1. The van der Waals surface area contributed by atoms with Crippen LogP contribution in [0.25, 0.3) is 0 Å². The maximum Gasteiger partial charge on any atom is 0.303 e. The number of aliphatic carboxylic acids is 1. The van der Waals surface area contributed by atoms with Crippen LogP contribution in [0.3, 0.4) is 0 Å². The monoisotopic (exact) mass is 391 g/mol. The van der Waals surface area contributed by atoms with Crippen molar-refractivity contribution in [2.75, 3.05) is 46.3 Å². The van der Waals surface area contributed by atoms with Crippen molar-refractivity contribution in [3.63, 3.8) is 0 Å². The molecule has 0 unspecified atom stereocenters. The maximum absolute atomic E-state index is 13.4. The van der Waals surface area contributed by atoms with E-state index < -0.39 is 5.97 Å². The molecule has 1 N–H and O–H groups in total. The topological polar surface area (TPSA) is 64.1 Å². The fourth-order valence-corrected chi connectivity index (χ4v) is 4.41. The fraction of sp³-hybridized carbons (Fsp3) is 0.619. The van der Waals surface area contributed by atoms with Gasteiger partial charge in [-0.2, -0.15) is 0 Å². The summed E-state index contributed by atoms with van der Waals surface area (Å²) in [7, 11) is 2.12. The highest BCUT2D eigenvalue weighted by Gasteiger charge is 2.35. The van der Waals surface area contributed by atoms with Gasteiger partial charge in [-0.05, 0) is 43.5 Å². The molecule has 2 aliphatic heterocycles. The number of hydrogen-bond acceptors (Lipinski definition) is 4. The number of nitrogens with zero attached hydrogens (tertiary/aromatic N) is 3. The number of piperazine rings is 1. The van der Waals surface area contributed by atoms with E-state index in [1.165, 1.54) is 12.1 Å². The lowest BCUT2D eigenvalue weighted by Gasteiger charge is -2.46. The molecule has 0 radical (unpaired) electrons. The van der Waals surface area contributed by atoms with Crippen LogP contribution in [0.15, 0.2) is 24.3 Å². The largest absolute Gasteiger partial charge is 0.481 e. The van der Waals surface area contributed by atoms with Crippen LogP contribution in [0.5, 0.6) is 0 Å². The van der Waals surface area contributed by atoms with E-state index in [9.17, 15) is 14.0 Å². The third-order valence-corrected chi connectivity index (χ3v) is 6.03. The van der Waals surface area contributed by atoms with Crippen molar-refractivity contribution < 1.29 is 19.1 Å². The first-order valence-corrected chi connectivity index (χ1v) is 10.1. The number of halogens is 1. The van der Waals surface area contributed by atoms with Gasteiger partial charge in [-0.25, -0.2) is 4.39 Å². The number of benzene rings is 1. The Morgan fingerprint density at radius 1 is 1.18 bits per heavy atom. The van der Waals surface area contributed by atoms with Gasteiger partial charge in [0, 0.05) is 51.7 Å². The minimum Gasteiger partial charge on any atom is -0.481 e. The first-order chi connectivity index (χ1) is 13.4. The Labute approximate surface area is 165 Å². The predicted octanol–water partition coefficient (Wildman–Crippen LogP) is 1.70. The third kappa shape index (κ3) is 5.52. The lowest BCUT2D eigenvalue weighted by Crippen LogP contribution is -2.57. The Hall–Kier alpha value is -1.99. The molecule has 1 aromatic carbocycles. The summed E-state index contributed by atoms with van der Waals surface area (Å²) in [6, 6.07) is 6.48. The molecule has 3 rings (SSSR count). The minimum absolute atomic E-state index is 0.0113. The maximum atomic E-state index is 13.4. The van der Waals surface area contributed by atoms with Crippen LogP contribution in [0, 0.1) is 11.7 Å². The number of rotatable bonds is 6. The fourth-order valence-electron chi connectivity index (χ4n) is 4.41. The molecular weight excluding hydrogens is 361 g/mol. The van der Waals surface area contributed by atoms with Crippen LogP contribution in [-0.2, 0) is 16.0 Å². The van der Waals surface area contributed by atoms with Gasteiger partial charge in [0.15, 0.2) is 0 Å². The van der Waals surface area contributed by atoms with E-state index in [4.69, 9.17) is 5.11 Å². The second-order valence-corrected chi connectivity index (χ2v) is 8.03. The third-order valence-electron chi connectivity index (χ3n) is 6.03. The van der Waals surface area contributed by atoms with Crippen molar-refractivity contribution in [1.29, 1.82) is 0 Å². The van der Waals surface area contributed by atoms with Crippen molar-refractivity contribution in [1.82, 2.24) is 14.7 Å². The van der Waals surface area contributed by atoms with Gasteiger partial charge >= 0.3 is 5.97 Å². The zero-order valence-electron chi connectivity index (χ0n) is 16.5. The van der Waals surface area contributed by atoms with Gasteiger partial charge in [0.2, 0.25) is 5.91 Å². The van der Waals surface area contributed by atoms with Gasteiger partial charge in [0.25, 0.3) is 0 Å². The summed E-state index contributed by atoms with van der Waals surface area (Å²) in [5.41, 5.74) is 0.674. The Morgan fingerprint density at radius 3 is 2.61 bits per heavy atom. The molecule has 154 valence electrons. The number of likely N-dealkylation sites (N-methyl/N-ethyl adjacent to an activating group) is 1. The van der Waals surface area contributed by atoms with Crippen molar-refractivity contribution >= 4 is 11.9 Å². The van der Waals surface area contributed by atoms with Crippen LogP contribution < -0.4 is 0 Å². The highest BCUT2D eigenvalue weighted by atomic mass is 19.1. The molecule has 0 saturated carbocycles. The van der Waals surface area contributed by atoms with E-state index in [0.717, 1.165) is 32.6 Å². The first kappa shape index (κ1) is 20.7. The average molecular weight is 391 g/mol. The zero-order chi connectivity index (χ0) is 20.1. The predicted molar refractivity (Wildman–Crippen MR) is 105 cm³/mol. The molecule has 0 aliphatic carbocycles. The molecule has 6 nitrogen and oxygen atoms in total. The smallest absolute Gasteiger partial charge is 0.303 e. The molecular formula is C21H30FN3O3. The number of amides is 1. The number of likely N-dealkylation sites (tertiary alicyclic amines) is 1. The van der Waals surface area contributed by atoms with Gasteiger partial charge in [-0.1, -0.05) is 12.1 Å². The van der Waals surface area contributed by atoms with E-state index >= 15 is 0 Å². The summed E-state index contributed by atoms with van der Waals surface area (Å²) < 4.78 is 13.4. The molecule has 2 heterocycles. The second kappa shape index (κ2) is 9.47. The molecule has 0 aromatic heterocycles. The quantitative estimate of drug-likeness (QED) is 0.800. The number of hydrogen-bond donors (Lipinski definition) is 1. The normalized spacial score (nSPS) is 24.3. The molecule has 2 saturated heterocycles. The van der Waals surface area contributed by atoms with Crippen LogP contribution in [0.1, 0.15) is 24.8 Å². The zero-order valence-corrected chi connectivity index (χ0v) is 16.5. The van der Waals surface area contributed by atoms with Gasteiger partial charge in [0.1, 0.15) is 5.82 Å². The molecule has 7 heteroatoms. The summed E-state index contributed by atoms with van der Waals surface area (Å²) in [5.74, 6) is -0.980. The molecule has 2 atom stereocenters. The SMILES string of the molecule is CN1CCN([C@H]2CCN(C(=O)Cc3cccc(F)c3)C[C@H]2CCC(=O)O)CC1. The summed E-state index contributed by atoms with van der Waals surface area (Å²) >= 11 is 0. The Bertz CT molecular complexity index is 691. The van der Waals surface area contributed by atoms with Gasteiger partial charge < -0.3 is 14.9 Å².